The molecule has 19 heavy (non-hydrogen) atoms. The number of nitrogens with zero attached hydrogens (tertiary/aromatic N) is 2. The van der Waals surface area contributed by atoms with Crippen LogP contribution in [0.3, 0.4) is 0 Å². The fraction of sp³-hybridized carbons (Fsp3) is 0.286. The number of aromatic nitrogens is 2. The Morgan fingerprint density at radius 1 is 1.42 bits per heavy atom. The first-order valence-electron chi connectivity index (χ1n) is 5.99. The van der Waals surface area contributed by atoms with Crippen molar-refractivity contribution in [3.8, 4) is 0 Å². The van der Waals surface area contributed by atoms with E-state index in [1.807, 2.05) is 16.9 Å². The topological polar surface area (TPSA) is 34.9 Å². The van der Waals surface area contributed by atoms with Crippen LogP contribution in [0, 0.1) is 0 Å². The van der Waals surface area contributed by atoms with Crippen LogP contribution in [0.4, 0.5) is 0 Å². The van der Waals surface area contributed by atoms with Crippen molar-refractivity contribution in [1.82, 2.24) is 9.78 Å². The van der Waals surface area contributed by atoms with Crippen LogP contribution in [0.15, 0.2) is 34.9 Å². The summed E-state index contributed by atoms with van der Waals surface area (Å²) in [4.78, 5) is 12.1. The van der Waals surface area contributed by atoms with Crippen LogP contribution in [0.5, 0.6) is 0 Å². The van der Waals surface area contributed by atoms with Crippen LogP contribution in [-0.4, -0.2) is 15.6 Å². The summed E-state index contributed by atoms with van der Waals surface area (Å²) in [7, 11) is 0. The second kappa shape index (κ2) is 5.88. The minimum Gasteiger partial charge on any atom is -0.294 e. The number of carbonyl (C=O) groups is 1. The third kappa shape index (κ3) is 3.45. The average molecular weight is 342 g/mol. The molecule has 1 heterocycles. The van der Waals surface area contributed by atoms with Gasteiger partial charge in [0.15, 0.2) is 5.78 Å². The van der Waals surface area contributed by atoms with E-state index in [2.05, 4.69) is 34.9 Å². The normalized spacial score (nSPS) is 11.0. The summed E-state index contributed by atoms with van der Waals surface area (Å²) in [6.07, 6.45) is 2.19. The zero-order chi connectivity index (χ0) is 14.0. The molecule has 0 amide bonds. The Hall–Kier alpha value is -1.13. The summed E-state index contributed by atoms with van der Waals surface area (Å²) in [5, 5.41) is 4.97. The summed E-state index contributed by atoms with van der Waals surface area (Å²) in [5.74, 6) is 0.0337. The number of benzene rings is 1. The van der Waals surface area contributed by atoms with Crippen molar-refractivity contribution < 1.29 is 4.79 Å². The first-order chi connectivity index (χ1) is 8.97. The van der Waals surface area contributed by atoms with E-state index in [4.69, 9.17) is 11.6 Å². The van der Waals surface area contributed by atoms with Gasteiger partial charge in [-0.25, -0.2) is 0 Å². The largest absolute Gasteiger partial charge is 0.294 e. The Morgan fingerprint density at radius 2 is 2.16 bits per heavy atom. The monoisotopic (exact) mass is 340 g/mol. The number of ketones is 1. The van der Waals surface area contributed by atoms with E-state index >= 15 is 0 Å². The van der Waals surface area contributed by atoms with Gasteiger partial charge in [-0.3, -0.25) is 9.48 Å². The number of halogens is 2. The van der Waals surface area contributed by atoms with E-state index < -0.39 is 0 Å². The minimum absolute atomic E-state index is 0.0337. The van der Waals surface area contributed by atoms with E-state index in [-0.39, 0.29) is 5.78 Å². The van der Waals surface area contributed by atoms with E-state index in [0.29, 0.717) is 23.0 Å². The highest BCUT2D eigenvalue weighted by atomic mass is 79.9. The molecule has 0 atom stereocenters. The number of rotatable bonds is 4. The van der Waals surface area contributed by atoms with Gasteiger partial charge in [-0.15, -0.1) is 0 Å². The summed E-state index contributed by atoms with van der Waals surface area (Å²) >= 11 is 9.23. The molecular formula is C14H14BrClN2O. The molecule has 0 spiro atoms. The maximum absolute atomic E-state index is 12.1. The molecule has 0 aliphatic carbocycles. The lowest BCUT2D eigenvalue weighted by atomic mass is 10.1. The molecule has 0 aliphatic heterocycles. The van der Waals surface area contributed by atoms with Crippen LogP contribution in [0.1, 0.15) is 35.9 Å². The second-order valence-corrected chi connectivity index (χ2v) is 5.87. The van der Waals surface area contributed by atoms with Crippen LogP contribution in [0.2, 0.25) is 5.02 Å². The molecule has 2 rings (SSSR count). The van der Waals surface area contributed by atoms with Gasteiger partial charge in [0, 0.05) is 22.3 Å². The van der Waals surface area contributed by atoms with Gasteiger partial charge in [0.1, 0.15) is 0 Å². The summed E-state index contributed by atoms with van der Waals surface area (Å²) in [6.45, 7) is 4.10. The Morgan fingerprint density at radius 3 is 2.74 bits per heavy atom. The molecule has 100 valence electrons. The third-order valence-corrected chi connectivity index (χ3v) is 3.99. The number of hydrogen-bond acceptors (Lipinski definition) is 2. The molecule has 2 aromatic rings. The van der Waals surface area contributed by atoms with E-state index in [1.165, 1.54) is 0 Å². The minimum atomic E-state index is 0.0337. The average Bonchev–Trinajstić information content (AvgIpc) is 2.81. The van der Waals surface area contributed by atoms with Crippen LogP contribution >= 0.6 is 27.5 Å². The highest BCUT2D eigenvalue weighted by Crippen LogP contribution is 2.23. The van der Waals surface area contributed by atoms with Crippen molar-refractivity contribution in [2.75, 3.05) is 0 Å². The van der Waals surface area contributed by atoms with Gasteiger partial charge in [0.05, 0.1) is 17.1 Å². The predicted molar refractivity (Wildman–Crippen MR) is 79.8 cm³/mol. The molecule has 0 saturated carbocycles. The molecule has 0 aliphatic rings. The van der Waals surface area contributed by atoms with Crippen molar-refractivity contribution in [1.29, 1.82) is 0 Å². The highest BCUT2D eigenvalue weighted by Gasteiger charge is 2.11. The Bertz CT molecular complexity index is 607. The second-order valence-electron chi connectivity index (χ2n) is 4.61. The molecule has 0 saturated heterocycles. The first kappa shape index (κ1) is 14.3. The molecule has 0 unspecified atom stereocenters. The maximum atomic E-state index is 12.1. The Kier molecular flexibility index (Phi) is 4.42. The smallest absolute Gasteiger partial charge is 0.168 e. The molecule has 0 N–H and O–H groups in total. The number of hydrogen-bond donors (Lipinski definition) is 0. The lowest BCUT2D eigenvalue weighted by molar-refractivity contribution is 0.0991. The van der Waals surface area contributed by atoms with Gasteiger partial charge in [0.25, 0.3) is 0 Å². The molecular weight excluding hydrogens is 328 g/mol. The standard InChI is InChI=1S/C14H14BrClN2O/c1-9(2)18-6-5-11(17-18)8-14(19)10-3-4-13(16)12(15)7-10/h3-7,9H,8H2,1-2H3. The molecule has 1 aromatic carbocycles. The molecule has 5 heteroatoms. The van der Waals surface area contributed by atoms with Gasteiger partial charge in [-0.2, -0.15) is 5.10 Å². The fourth-order valence-corrected chi connectivity index (χ4v) is 2.19. The first-order valence-corrected chi connectivity index (χ1v) is 7.16. The Balaban J connectivity index is 2.13. The quantitative estimate of drug-likeness (QED) is 0.777. The van der Waals surface area contributed by atoms with Crippen molar-refractivity contribution in [2.45, 2.75) is 26.3 Å². The predicted octanol–water partition coefficient (Wildman–Crippen LogP) is 4.31. The molecule has 3 nitrogen and oxygen atoms in total. The van der Waals surface area contributed by atoms with Crippen LogP contribution in [0.25, 0.3) is 0 Å². The van der Waals surface area contributed by atoms with Crippen molar-refractivity contribution in [3.05, 3.63) is 51.2 Å². The van der Waals surface area contributed by atoms with Crippen molar-refractivity contribution >= 4 is 33.3 Å². The van der Waals surface area contributed by atoms with Gasteiger partial charge in [-0.05, 0) is 54.0 Å². The Labute approximate surface area is 125 Å². The summed E-state index contributed by atoms with van der Waals surface area (Å²) in [5.41, 5.74) is 1.42. The lowest BCUT2D eigenvalue weighted by Gasteiger charge is -2.04. The SMILES string of the molecule is CC(C)n1ccc(CC(=O)c2ccc(Cl)c(Br)c2)n1. The zero-order valence-electron chi connectivity index (χ0n) is 10.7. The van der Waals surface area contributed by atoms with Crippen LogP contribution in [-0.2, 0) is 6.42 Å². The van der Waals surface area contributed by atoms with Gasteiger partial charge >= 0.3 is 0 Å². The lowest BCUT2D eigenvalue weighted by Crippen LogP contribution is -2.06. The van der Waals surface area contributed by atoms with Crippen molar-refractivity contribution in [2.24, 2.45) is 0 Å². The number of carbonyl (C=O) groups excluding carboxylic acids is 1. The number of Topliss-reactive ketones (excluding diaryl/α,β-unsaturated/α-hetero) is 1. The summed E-state index contributed by atoms with van der Waals surface area (Å²) < 4.78 is 2.58. The van der Waals surface area contributed by atoms with Gasteiger partial charge in [0.2, 0.25) is 0 Å². The van der Waals surface area contributed by atoms with Gasteiger partial charge in [-0.1, -0.05) is 11.6 Å². The van der Waals surface area contributed by atoms with E-state index in [9.17, 15) is 4.79 Å². The maximum Gasteiger partial charge on any atom is 0.168 e. The van der Waals surface area contributed by atoms with Crippen molar-refractivity contribution in [3.63, 3.8) is 0 Å². The van der Waals surface area contributed by atoms with Crippen LogP contribution < -0.4 is 0 Å². The third-order valence-electron chi connectivity index (χ3n) is 2.78. The molecule has 1 aromatic heterocycles. The highest BCUT2D eigenvalue weighted by molar-refractivity contribution is 9.10. The van der Waals surface area contributed by atoms with E-state index in [0.717, 1.165) is 10.2 Å². The van der Waals surface area contributed by atoms with E-state index in [1.54, 1.807) is 18.2 Å². The zero-order valence-corrected chi connectivity index (χ0v) is 13.1. The fourth-order valence-electron chi connectivity index (χ4n) is 1.70. The molecule has 0 bridgehead atoms. The molecule has 0 fully saturated rings. The van der Waals surface area contributed by atoms with Gasteiger partial charge < -0.3 is 0 Å². The summed E-state index contributed by atoms with van der Waals surface area (Å²) in [6, 6.07) is 7.36. The molecule has 0 radical (unpaired) electrons.